The van der Waals surface area contributed by atoms with E-state index in [4.69, 9.17) is 18.9 Å². The normalized spacial score (nSPS) is 12.4. The average molecular weight is 540 g/mol. The molecule has 0 saturated carbocycles. The van der Waals surface area contributed by atoms with Crippen molar-refractivity contribution in [2.24, 2.45) is 0 Å². The third-order valence-corrected chi connectivity index (χ3v) is 5.73. The molecule has 1 N–H and O–H groups in total. The maximum atomic E-state index is 12.8. The second-order valence-electron chi connectivity index (χ2n) is 8.32. The van der Waals surface area contributed by atoms with Crippen LogP contribution in [0, 0.1) is 0 Å². The van der Waals surface area contributed by atoms with Crippen LogP contribution in [0.5, 0.6) is 17.5 Å². The number of amides is 1. The van der Waals surface area contributed by atoms with Crippen LogP contribution in [0.2, 0.25) is 0 Å². The summed E-state index contributed by atoms with van der Waals surface area (Å²) in [5.74, 6) is 1.16. The van der Waals surface area contributed by atoms with Crippen molar-refractivity contribution in [1.29, 1.82) is 0 Å². The van der Waals surface area contributed by atoms with Crippen molar-refractivity contribution in [2.45, 2.75) is 13.1 Å². The summed E-state index contributed by atoms with van der Waals surface area (Å²) in [6, 6.07) is 16.3. The molecule has 39 heavy (non-hydrogen) atoms. The number of hydrogen-bond donors (Lipinski definition) is 1. The Bertz CT molecular complexity index is 1450. The van der Waals surface area contributed by atoms with Gasteiger partial charge in [0.05, 0.1) is 17.9 Å². The summed E-state index contributed by atoms with van der Waals surface area (Å²) in [5.41, 5.74) is 1.06. The molecule has 1 aromatic heterocycles. The molecule has 1 amide bonds. The van der Waals surface area contributed by atoms with Crippen LogP contribution in [-0.2, 0) is 10.9 Å². The molecule has 0 saturated heterocycles. The van der Waals surface area contributed by atoms with Gasteiger partial charge in [-0.3, -0.25) is 4.79 Å². The number of hydrogen-bond acceptors (Lipinski definition) is 7. The van der Waals surface area contributed by atoms with Crippen LogP contribution in [0.15, 0.2) is 66.7 Å². The number of ether oxygens (including phenoxy) is 4. The Hall–Kier alpha value is -4.58. The summed E-state index contributed by atoms with van der Waals surface area (Å²) in [7, 11) is 0. The summed E-state index contributed by atoms with van der Waals surface area (Å²) in [6.07, 6.45) is -4.47. The van der Waals surface area contributed by atoms with Crippen molar-refractivity contribution in [1.82, 2.24) is 14.8 Å². The van der Waals surface area contributed by atoms with E-state index in [0.717, 1.165) is 24.3 Å². The van der Waals surface area contributed by atoms with E-state index >= 15 is 0 Å². The van der Waals surface area contributed by atoms with Crippen LogP contribution in [0.25, 0.3) is 17.1 Å². The molecule has 202 valence electrons. The van der Waals surface area contributed by atoms with Crippen LogP contribution in [0.4, 0.5) is 18.9 Å². The van der Waals surface area contributed by atoms with E-state index < -0.39 is 17.6 Å². The van der Waals surface area contributed by atoms with E-state index in [1.807, 2.05) is 13.0 Å². The molecule has 0 spiro atoms. The van der Waals surface area contributed by atoms with Crippen LogP contribution in [-0.4, -0.2) is 47.3 Å². The molecule has 9 nitrogen and oxygen atoms in total. The second-order valence-corrected chi connectivity index (χ2v) is 8.32. The van der Waals surface area contributed by atoms with E-state index in [2.05, 4.69) is 15.4 Å². The molecule has 0 bridgehead atoms. The van der Waals surface area contributed by atoms with Gasteiger partial charge in [-0.1, -0.05) is 0 Å². The van der Waals surface area contributed by atoms with Crippen molar-refractivity contribution in [2.75, 3.05) is 31.9 Å². The Balaban J connectivity index is 1.36. The van der Waals surface area contributed by atoms with E-state index in [-0.39, 0.29) is 25.0 Å². The Labute approximate surface area is 221 Å². The second kappa shape index (κ2) is 11.0. The van der Waals surface area contributed by atoms with Gasteiger partial charge in [0.1, 0.15) is 6.61 Å². The van der Waals surface area contributed by atoms with Gasteiger partial charge in [0.25, 0.3) is 5.91 Å². The van der Waals surface area contributed by atoms with Crippen LogP contribution >= 0.6 is 0 Å². The first-order valence-electron chi connectivity index (χ1n) is 12.0. The lowest BCUT2D eigenvalue weighted by atomic mass is 10.1. The van der Waals surface area contributed by atoms with Crippen molar-refractivity contribution < 1.29 is 36.9 Å². The molecule has 0 radical (unpaired) electrons. The highest BCUT2D eigenvalue weighted by Gasteiger charge is 2.30. The summed E-state index contributed by atoms with van der Waals surface area (Å²) >= 11 is 0. The van der Waals surface area contributed by atoms with Gasteiger partial charge in [-0.15, -0.1) is 5.10 Å². The molecule has 0 aliphatic carbocycles. The standard InChI is InChI=1S/C27H23F3N4O5/c1-2-36-13-14-37-26-32-24(18-5-12-22-23(15-18)39-16-38-22)34(33-26)21-10-8-20(9-11-21)31-25(35)17-3-6-19(7-4-17)27(28,29)30/h3-12,15H,2,13-14,16H2,1H3,(H,31,35). The molecule has 1 aliphatic rings. The number of halogens is 3. The summed E-state index contributed by atoms with van der Waals surface area (Å²) < 4.78 is 61.8. The lowest BCUT2D eigenvalue weighted by molar-refractivity contribution is -0.137. The van der Waals surface area contributed by atoms with Crippen molar-refractivity contribution in [3.8, 4) is 34.6 Å². The highest BCUT2D eigenvalue weighted by Crippen LogP contribution is 2.36. The predicted octanol–water partition coefficient (Wildman–Crippen LogP) is 5.35. The fourth-order valence-electron chi connectivity index (χ4n) is 3.79. The van der Waals surface area contributed by atoms with Gasteiger partial charge < -0.3 is 24.3 Å². The van der Waals surface area contributed by atoms with Gasteiger partial charge >= 0.3 is 12.2 Å². The van der Waals surface area contributed by atoms with Crippen molar-refractivity contribution in [3.63, 3.8) is 0 Å². The van der Waals surface area contributed by atoms with E-state index in [1.54, 1.807) is 41.1 Å². The fraction of sp³-hybridized carbons (Fsp3) is 0.222. The number of fused-ring (bicyclic) bond motifs is 1. The fourth-order valence-corrected chi connectivity index (χ4v) is 3.79. The minimum Gasteiger partial charge on any atom is -0.460 e. The highest BCUT2D eigenvalue weighted by molar-refractivity contribution is 6.04. The lowest BCUT2D eigenvalue weighted by Gasteiger charge is -2.10. The van der Waals surface area contributed by atoms with Gasteiger partial charge in [0, 0.05) is 23.4 Å². The number of alkyl halides is 3. The number of nitrogens with zero attached hydrogens (tertiary/aromatic N) is 3. The maximum Gasteiger partial charge on any atom is 0.416 e. The number of carbonyl (C=O) groups excluding carboxylic acids is 1. The number of aromatic nitrogens is 3. The summed E-state index contributed by atoms with van der Waals surface area (Å²) in [4.78, 5) is 17.1. The van der Waals surface area contributed by atoms with Crippen LogP contribution < -0.4 is 19.5 Å². The number of nitrogens with one attached hydrogen (secondary N) is 1. The monoisotopic (exact) mass is 540 g/mol. The van der Waals surface area contributed by atoms with Gasteiger partial charge in [-0.05, 0) is 73.7 Å². The Morgan fingerprint density at radius 3 is 2.46 bits per heavy atom. The molecule has 0 fully saturated rings. The zero-order valence-electron chi connectivity index (χ0n) is 20.7. The predicted molar refractivity (Wildman–Crippen MR) is 134 cm³/mol. The largest absolute Gasteiger partial charge is 0.460 e. The molecule has 0 atom stereocenters. The van der Waals surface area contributed by atoms with Gasteiger partial charge in [0.15, 0.2) is 17.3 Å². The summed E-state index contributed by atoms with van der Waals surface area (Å²) in [5, 5.41) is 7.17. The smallest absolute Gasteiger partial charge is 0.416 e. The topological polar surface area (TPSA) is 96.7 Å². The zero-order chi connectivity index (χ0) is 27.4. The SMILES string of the molecule is CCOCCOc1nc(-c2ccc3c(c2)OCO3)n(-c2ccc(NC(=O)c3ccc(C(F)(F)F)cc3)cc2)n1. The van der Waals surface area contributed by atoms with Gasteiger partial charge in [0.2, 0.25) is 6.79 Å². The average Bonchev–Trinajstić information content (AvgIpc) is 3.58. The minimum atomic E-state index is -4.47. The number of anilines is 1. The van der Waals surface area contributed by atoms with E-state index in [0.29, 0.717) is 47.5 Å². The van der Waals surface area contributed by atoms with Crippen LogP contribution in [0.1, 0.15) is 22.8 Å². The Morgan fingerprint density at radius 1 is 1.00 bits per heavy atom. The molecular formula is C27H23F3N4O5. The Kier molecular flexibility index (Phi) is 7.37. The molecule has 4 aromatic rings. The van der Waals surface area contributed by atoms with Crippen molar-refractivity contribution in [3.05, 3.63) is 77.9 Å². The molecule has 1 aliphatic heterocycles. The third kappa shape index (κ3) is 5.96. The molecular weight excluding hydrogens is 517 g/mol. The quantitative estimate of drug-likeness (QED) is 0.286. The number of carbonyl (C=O) groups is 1. The highest BCUT2D eigenvalue weighted by atomic mass is 19.4. The maximum absolute atomic E-state index is 12.8. The minimum absolute atomic E-state index is 0.0993. The molecule has 3 aromatic carbocycles. The zero-order valence-corrected chi connectivity index (χ0v) is 20.7. The van der Waals surface area contributed by atoms with Crippen LogP contribution in [0.3, 0.4) is 0 Å². The van der Waals surface area contributed by atoms with Gasteiger partial charge in [-0.25, -0.2) is 4.68 Å². The third-order valence-electron chi connectivity index (χ3n) is 5.73. The molecule has 0 unspecified atom stereocenters. The molecule has 5 rings (SSSR count). The number of benzene rings is 3. The molecule has 12 heteroatoms. The van der Waals surface area contributed by atoms with Crippen molar-refractivity contribution >= 4 is 11.6 Å². The first kappa shape index (κ1) is 26.0. The Morgan fingerprint density at radius 2 is 1.74 bits per heavy atom. The van der Waals surface area contributed by atoms with E-state index in [1.165, 1.54) is 0 Å². The lowest BCUT2D eigenvalue weighted by Crippen LogP contribution is -2.13. The first-order valence-corrected chi connectivity index (χ1v) is 12.0. The van der Waals surface area contributed by atoms with E-state index in [9.17, 15) is 18.0 Å². The number of rotatable bonds is 9. The van der Waals surface area contributed by atoms with Gasteiger partial charge in [-0.2, -0.15) is 18.2 Å². The molecule has 2 heterocycles. The first-order chi connectivity index (χ1) is 18.8. The summed E-state index contributed by atoms with van der Waals surface area (Å²) in [6.45, 7) is 3.25.